The van der Waals surface area contributed by atoms with Gasteiger partial charge in [0.25, 0.3) is 0 Å². The third-order valence-electron chi connectivity index (χ3n) is 22.7. The molecule has 3 aliphatic heterocycles. The number of aromatic nitrogens is 16. The average molecular weight is 1740 g/mol. The number of likely N-dealkylation sites (tertiary alicyclic amines) is 1. The lowest BCUT2D eigenvalue weighted by molar-refractivity contribution is -0.130. The van der Waals surface area contributed by atoms with Crippen molar-refractivity contribution in [1.29, 1.82) is 0 Å². The van der Waals surface area contributed by atoms with Gasteiger partial charge in [-0.3, -0.25) is 14.6 Å². The molecular formula is C96H96Cl4FN21O2. The number of likely N-dealkylation sites (N-methyl/N-ethyl adjacent to an activating group) is 2. The van der Waals surface area contributed by atoms with Gasteiger partial charge in [-0.1, -0.05) is 258 Å². The topological polar surface area (TPSA) is 217 Å². The number of carbonyl (C=O) groups excluding carboxylic acids is 1. The maximum atomic E-state index is 15.2. The number of benzene rings is 8. The van der Waals surface area contributed by atoms with Crippen LogP contribution < -0.4 is 0 Å². The first-order valence-electron chi connectivity index (χ1n) is 42.0. The third-order valence-corrected chi connectivity index (χ3v) is 24.2. The predicted octanol–water partition coefficient (Wildman–Crippen LogP) is 18.9. The molecule has 8 aromatic heterocycles. The number of aryl methyl sites for hydroxylation is 3. The van der Waals surface area contributed by atoms with Crippen LogP contribution in [0.2, 0.25) is 20.1 Å². The highest BCUT2D eigenvalue weighted by Gasteiger charge is 2.30. The Morgan fingerprint density at radius 3 is 1.13 bits per heavy atom. The van der Waals surface area contributed by atoms with Crippen molar-refractivity contribution >= 4 is 96.4 Å². The second-order valence-electron chi connectivity index (χ2n) is 31.7. The van der Waals surface area contributed by atoms with E-state index < -0.39 is 0 Å². The fourth-order valence-electron chi connectivity index (χ4n) is 15.8. The summed E-state index contributed by atoms with van der Waals surface area (Å²) >= 11 is 27.6. The van der Waals surface area contributed by atoms with E-state index in [0.29, 0.717) is 102 Å². The first kappa shape index (κ1) is 85.9. The number of amides is 1. The largest absolute Gasteiger partial charge is 0.377 e. The summed E-state index contributed by atoms with van der Waals surface area (Å²) in [5, 5.41) is 60.3. The number of rotatable bonds is 20. The van der Waals surface area contributed by atoms with Gasteiger partial charge in [0, 0.05) is 123 Å². The lowest BCUT2D eigenvalue weighted by Crippen LogP contribution is -2.45. The second kappa shape index (κ2) is 39.4. The molecule has 0 radical (unpaired) electrons. The van der Waals surface area contributed by atoms with Crippen LogP contribution in [0.5, 0.6) is 0 Å². The van der Waals surface area contributed by atoms with Crippen LogP contribution in [0, 0.1) is 26.6 Å². The normalized spacial score (nSPS) is 14.1. The number of fused-ring (bicyclic) bond motifs is 4. The molecule has 8 aromatic carbocycles. The van der Waals surface area contributed by atoms with Crippen LogP contribution in [0.1, 0.15) is 43.4 Å². The number of hydrogen-bond donors (Lipinski definition) is 0. The Morgan fingerprint density at radius 1 is 0.363 bits per heavy atom. The predicted molar refractivity (Wildman–Crippen MR) is 494 cm³/mol. The molecular weight excluding hydrogens is 1640 g/mol. The standard InChI is InChI=1S/C25H26ClFN6.C25H27ClN6.C24H22ClN5O.C22H21ClN4O/c1-17-7-6-10-19(22(17)27)24-20-21(26)23(18-8-4-3-5-9-18)28-29-25(20)33(30-24)16-15-32-13-11-31(2)12-14-32;1-18-7-6-10-20(17-18)23-21-22(26)24(19-8-4-3-5-9-19)27-28-25(21)32(29-23)16-15-31-13-11-30(2)12-14-31;1-16-9-5-6-12-18(16)23-20-21(25)22(17-10-3-2-4-11-17)26-27-24(20)30(28-23)15-19(31)29-13-7-8-14-29;1-15(2)28-14-13-27-22-18(20(26-27)16-9-5-3-6-10-16)19(23)21(24-25-22)17-11-7-4-8-12-17/h3-10H,11-16H2,1-2H3;3-10,17H,11-16H2,1-2H3;2-6,9-12H,7-8,13-15H2,1H3;3-12,15H,13-14H2,1-2H3. The van der Waals surface area contributed by atoms with Crippen molar-refractivity contribution < 1.29 is 13.9 Å². The summed E-state index contributed by atoms with van der Waals surface area (Å²) in [4.78, 5) is 24.3. The number of ether oxygens (including phenoxy) is 1. The van der Waals surface area contributed by atoms with Crippen LogP contribution in [0.25, 0.3) is 134 Å². The van der Waals surface area contributed by atoms with Gasteiger partial charge >= 0.3 is 0 Å². The van der Waals surface area contributed by atoms with E-state index in [2.05, 4.69) is 106 Å². The lowest BCUT2D eigenvalue weighted by Gasteiger charge is -2.32. The molecule has 0 aliphatic carbocycles. The van der Waals surface area contributed by atoms with Crippen LogP contribution in [0.3, 0.4) is 0 Å². The maximum Gasteiger partial charge on any atom is 0.244 e. The highest BCUT2D eigenvalue weighted by molar-refractivity contribution is 6.40. The summed E-state index contributed by atoms with van der Waals surface area (Å²) in [6.07, 6.45) is 2.26. The second-order valence-corrected chi connectivity index (χ2v) is 33.2. The zero-order valence-electron chi connectivity index (χ0n) is 70.4. The highest BCUT2D eigenvalue weighted by atomic mass is 35.5. The minimum atomic E-state index is -0.294. The molecule has 632 valence electrons. The van der Waals surface area contributed by atoms with Crippen molar-refractivity contribution in [3.63, 3.8) is 0 Å². The molecule has 3 aliphatic rings. The van der Waals surface area contributed by atoms with Gasteiger partial charge < -0.3 is 19.4 Å². The SMILES string of the molecule is CC(C)OCCn1nc(-c2ccccc2)c2c(Cl)c(-c3ccccc3)nnc21.Cc1cccc(-c2nn(CCN3CCN(C)CC3)c3nnc(-c4ccccc4)c(Cl)c23)c1.Cc1cccc(-c2nn(CCN3CCN(C)CC3)c3nnc(-c4ccccc4)c(Cl)c23)c1F.Cc1ccccc1-c1nn(CC(=O)N2CCCC2)c2nnc(-c3ccccc3)c(Cl)c12. The van der Waals surface area contributed by atoms with Gasteiger partial charge in [0.15, 0.2) is 22.6 Å². The molecule has 1 amide bonds. The smallest absolute Gasteiger partial charge is 0.244 e. The van der Waals surface area contributed by atoms with Gasteiger partial charge in [-0.2, -0.15) is 20.4 Å². The van der Waals surface area contributed by atoms with E-state index in [0.717, 1.165) is 181 Å². The summed E-state index contributed by atoms with van der Waals surface area (Å²) in [7, 11) is 4.32. The van der Waals surface area contributed by atoms with Crippen LogP contribution in [0.15, 0.2) is 218 Å². The quantitative estimate of drug-likeness (QED) is 0.0693. The fourth-order valence-corrected chi connectivity index (χ4v) is 17.1. The van der Waals surface area contributed by atoms with Crippen LogP contribution >= 0.6 is 46.4 Å². The Bertz CT molecular complexity index is 6400. The van der Waals surface area contributed by atoms with E-state index >= 15 is 4.39 Å². The van der Waals surface area contributed by atoms with Crippen molar-refractivity contribution in [2.75, 3.05) is 99.2 Å². The summed E-state index contributed by atoms with van der Waals surface area (Å²) in [6, 6.07) is 70.9. The molecule has 3 fully saturated rings. The number of hydrogen-bond acceptors (Lipinski definition) is 18. The Morgan fingerprint density at radius 2 is 0.702 bits per heavy atom. The molecule has 3 saturated heterocycles. The van der Waals surface area contributed by atoms with E-state index in [9.17, 15) is 4.79 Å². The van der Waals surface area contributed by atoms with Gasteiger partial charge in [-0.15, -0.1) is 40.8 Å². The number of carbonyl (C=O) groups is 1. The Balaban J connectivity index is 0.000000122. The minimum Gasteiger partial charge on any atom is -0.377 e. The first-order chi connectivity index (χ1) is 60.4. The Hall–Kier alpha value is -11.7. The zero-order chi connectivity index (χ0) is 85.9. The monoisotopic (exact) mass is 1730 g/mol. The van der Waals surface area contributed by atoms with Crippen molar-refractivity contribution in [2.24, 2.45) is 0 Å². The third kappa shape index (κ3) is 19.2. The molecule has 0 spiro atoms. The maximum absolute atomic E-state index is 15.2. The van der Waals surface area contributed by atoms with Crippen LogP contribution in [0.4, 0.5) is 4.39 Å². The fraction of sp³-hybridized carbons (Fsp3) is 0.281. The van der Waals surface area contributed by atoms with Gasteiger partial charge in [-0.25, -0.2) is 23.1 Å². The van der Waals surface area contributed by atoms with Gasteiger partial charge in [0.1, 0.15) is 57.9 Å². The van der Waals surface area contributed by atoms with E-state index in [1.165, 1.54) is 5.56 Å². The van der Waals surface area contributed by atoms with Crippen LogP contribution in [-0.2, 0) is 35.7 Å². The molecule has 0 unspecified atom stereocenters. The number of halogens is 5. The Kier molecular flexibility index (Phi) is 27.3. The molecule has 0 bridgehead atoms. The van der Waals surface area contributed by atoms with E-state index in [4.69, 9.17) is 71.5 Å². The lowest BCUT2D eigenvalue weighted by atomic mass is 10.0. The van der Waals surface area contributed by atoms with E-state index in [-0.39, 0.29) is 24.4 Å². The number of piperazine rings is 2. The van der Waals surface area contributed by atoms with Crippen molar-refractivity contribution in [2.45, 2.75) is 79.7 Å². The van der Waals surface area contributed by atoms with Crippen LogP contribution in [-0.4, -0.2) is 216 Å². The molecule has 124 heavy (non-hydrogen) atoms. The van der Waals surface area contributed by atoms with Crippen molar-refractivity contribution in [3.8, 4) is 90.1 Å². The molecule has 16 aromatic rings. The first-order valence-corrected chi connectivity index (χ1v) is 43.5. The Labute approximate surface area is 740 Å². The van der Waals surface area contributed by atoms with E-state index in [1.807, 2.05) is 222 Å². The molecule has 28 heteroatoms. The molecule has 0 N–H and O–H groups in total. The zero-order valence-corrected chi connectivity index (χ0v) is 73.4. The molecule has 23 nitrogen and oxygen atoms in total. The molecule has 11 heterocycles. The summed E-state index contributed by atoms with van der Waals surface area (Å²) < 4.78 is 28.1. The summed E-state index contributed by atoms with van der Waals surface area (Å²) in [5.41, 5.74) is 17.8. The number of nitrogens with zero attached hydrogens (tertiary/aromatic N) is 21. The molecule has 0 saturated carbocycles. The van der Waals surface area contributed by atoms with Gasteiger partial charge in [-0.05, 0) is 84.8 Å². The van der Waals surface area contributed by atoms with Gasteiger partial charge in [0.2, 0.25) is 5.91 Å². The van der Waals surface area contributed by atoms with Crippen molar-refractivity contribution in [1.82, 2.24) is 104 Å². The average Bonchev–Trinajstić information content (AvgIpc) is 1.62. The molecule has 19 rings (SSSR count). The van der Waals surface area contributed by atoms with E-state index in [1.54, 1.807) is 23.7 Å². The summed E-state index contributed by atoms with van der Waals surface area (Å²) in [5.74, 6) is -0.249. The van der Waals surface area contributed by atoms with Crippen molar-refractivity contribution in [3.05, 3.63) is 261 Å². The minimum absolute atomic E-state index is 0.0447. The molecule has 0 atom stereocenters. The summed E-state index contributed by atoms with van der Waals surface area (Å²) in [6.45, 7) is 24.4. The van der Waals surface area contributed by atoms with Gasteiger partial charge in [0.05, 0.1) is 74.0 Å². The highest BCUT2D eigenvalue weighted by Crippen LogP contribution is 2.43.